The Balaban J connectivity index is 1.56. The van der Waals surface area contributed by atoms with Crippen LogP contribution < -0.4 is 0 Å². The third-order valence-electron chi connectivity index (χ3n) is 3.57. The van der Waals surface area contributed by atoms with E-state index in [2.05, 4.69) is 45.1 Å². The summed E-state index contributed by atoms with van der Waals surface area (Å²) < 4.78 is 5.69. The van der Waals surface area contributed by atoms with Gasteiger partial charge in [0.15, 0.2) is 0 Å². The maximum atomic E-state index is 5.69. The van der Waals surface area contributed by atoms with Crippen LogP contribution >= 0.6 is 27.7 Å². The van der Waals surface area contributed by atoms with Gasteiger partial charge in [0.2, 0.25) is 0 Å². The molecule has 98 valence electrons. The average molecular weight is 328 g/mol. The lowest BCUT2D eigenvalue weighted by Gasteiger charge is -2.33. The summed E-state index contributed by atoms with van der Waals surface area (Å²) in [6, 6.07) is 8.81. The lowest BCUT2D eigenvalue weighted by Crippen LogP contribution is -2.45. The van der Waals surface area contributed by atoms with Crippen LogP contribution in [-0.4, -0.2) is 47.8 Å². The zero-order valence-electron chi connectivity index (χ0n) is 10.3. The van der Waals surface area contributed by atoms with Crippen molar-refractivity contribution in [2.24, 2.45) is 0 Å². The molecular formula is C14H18BrNOS. The number of ether oxygens (including phenoxy) is 1. The molecule has 0 radical (unpaired) electrons. The van der Waals surface area contributed by atoms with Gasteiger partial charge in [-0.2, -0.15) is 0 Å². The van der Waals surface area contributed by atoms with Crippen molar-refractivity contribution in [1.82, 2.24) is 4.90 Å². The van der Waals surface area contributed by atoms with Crippen LogP contribution in [0.15, 0.2) is 29.2 Å². The Hall–Kier alpha value is -0.0300. The zero-order chi connectivity index (χ0) is 12.4. The number of nitrogens with zero attached hydrogens (tertiary/aromatic N) is 1. The number of fused-ring (bicyclic) bond motifs is 1. The molecule has 0 amide bonds. The molecule has 2 atom stereocenters. The highest BCUT2D eigenvalue weighted by atomic mass is 79.9. The first-order chi connectivity index (χ1) is 8.85. The van der Waals surface area contributed by atoms with E-state index in [-0.39, 0.29) is 0 Å². The molecule has 0 aliphatic carbocycles. The second-order valence-corrected chi connectivity index (χ2v) is 6.95. The summed E-state index contributed by atoms with van der Waals surface area (Å²) >= 11 is 5.56. The van der Waals surface area contributed by atoms with E-state index >= 15 is 0 Å². The van der Waals surface area contributed by atoms with Crippen molar-refractivity contribution in [3.8, 4) is 0 Å². The number of hydrogen-bond donors (Lipinski definition) is 0. The Bertz CT molecular complexity index is 390. The number of benzene rings is 1. The van der Waals surface area contributed by atoms with Gasteiger partial charge in [0.1, 0.15) is 0 Å². The van der Waals surface area contributed by atoms with Gasteiger partial charge in [-0.3, -0.25) is 4.90 Å². The number of thioether (sulfide) groups is 1. The van der Waals surface area contributed by atoms with Crippen molar-refractivity contribution in [1.29, 1.82) is 0 Å². The number of alkyl halides is 1. The summed E-state index contributed by atoms with van der Waals surface area (Å²) in [6.45, 7) is 4.21. The molecule has 2 unspecified atom stereocenters. The van der Waals surface area contributed by atoms with E-state index < -0.39 is 0 Å². The summed E-state index contributed by atoms with van der Waals surface area (Å²) in [6.07, 6.45) is 1.59. The van der Waals surface area contributed by atoms with E-state index in [0.717, 1.165) is 30.3 Å². The monoisotopic (exact) mass is 327 g/mol. The van der Waals surface area contributed by atoms with Gasteiger partial charge in [0, 0.05) is 35.1 Å². The van der Waals surface area contributed by atoms with Gasteiger partial charge in [0.05, 0.1) is 12.7 Å². The fourth-order valence-electron chi connectivity index (χ4n) is 2.68. The van der Waals surface area contributed by atoms with Crippen LogP contribution in [0.1, 0.15) is 5.56 Å². The number of halogens is 1. The van der Waals surface area contributed by atoms with Gasteiger partial charge < -0.3 is 4.74 Å². The van der Waals surface area contributed by atoms with Crippen molar-refractivity contribution < 1.29 is 4.74 Å². The predicted molar refractivity (Wildman–Crippen MR) is 79.8 cm³/mol. The molecule has 0 spiro atoms. The maximum absolute atomic E-state index is 5.69. The Morgan fingerprint density at radius 3 is 3.11 bits per heavy atom. The molecule has 0 aromatic heterocycles. The van der Waals surface area contributed by atoms with Crippen molar-refractivity contribution >= 4 is 27.7 Å². The maximum Gasteiger partial charge on any atom is 0.0799 e. The zero-order valence-corrected chi connectivity index (χ0v) is 12.8. The lowest BCUT2D eigenvalue weighted by atomic mass is 10.1. The molecule has 1 aromatic rings. The number of rotatable bonds is 3. The minimum Gasteiger partial charge on any atom is -0.375 e. The molecule has 2 nitrogen and oxygen atoms in total. The first kappa shape index (κ1) is 13.0. The summed E-state index contributed by atoms with van der Waals surface area (Å²) in [5.41, 5.74) is 1.53. The molecule has 4 heteroatoms. The second-order valence-electron chi connectivity index (χ2n) is 4.96. The van der Waals surface area contributed by atoms with Crippen molar-refractivity contribution in [3.63, 3.8) is 0 Å². The fourth-order valence-corrected chi connectivity index (χ4v) is 4.44. The summed E-state index contributed by atoms with van der Waals surface area (Å²) in [5.74, 6) is 0. The van der Waals surface area contributed by atoms with E-state index in [1.165, 1.54) is 23.4 Å². The van der Waals surface area contributed by atoms with Crippen LogP contribution in [0.4, 0.5) is 0 Å². The van der Waals surface area contributed by atoms with E-state index in [4.69, 9.17) is 4.74 Å². The standard InChI is InChI=1S/C14H18BrNOS/c15-8-12-9-16(5-6-17-12)10-13-7-11-3-1-2-4-14(11)18-13/h1-4,12-13H,5-10H2. The smallest absolute Gasteiger partial charge is 0.0799 e. The Morgan fingerprint density at radius 2 is 2.28 bits per heavy atom. The van der Waals surface area contributed by atoms with Crippen molar-refractivity contribution in [2.45, 2.75) is 22.7 Å². The third kappa shape index (κ3) is 2.93. The molecule has 2 aliphatic rings. The van der Waals surface area contributed by atoms with Gasteiger partial charge in [-0.1, -0.05) is 34.1 Å². The van der Waals surface area contributed by atoms with E-state index in [1.54, 1.807) is 0 Å². The first-order valence-corrected chi connectivity index (χ1v) is 8.50. The largest absolute Gasteiger partial charge is 0.375 e. The van der Waals surface area contributed by atoms with Gasteiger partial charge in [0.25, 0.3) is 0 Å². The van der Waals surface area contributed by atoms with Crippen molar-refractivity contribution in [3.05, 3.63) is 29.8 Å². The Kier molecular flexibility index (Phi) is 4.29. The van der Waals surface area contributed by atoms with Crippen LogP contribution in [0.5, 0.6) is 0 Å². The Morgan fingerprint density at radius 1 is 1.39 bits per heavy atom. The van der Waals surface area contributed by atoms with Crippen LogP contribution in [0.3, 0.4) is 0 Å². The average Bonchev–Trinajstić information content (AvgIpc) is 2.81. The topological polar surface area (TPSA) is 12.5 Å². The molecule has 3 rings (SSSR count). The molecule has 1 aromatic carbocycles. The first-order valence-electron chi connectivity index (χ1n) is 6.49. The normalized spacial score (nSPS) is 28.3. The van der Waals surface area contributed by atoms with Gasteiger partial charge in [-0.15, -0.1) is 11.8 Å². The highest BCUT2D eigenvalue weighted by Crippen LogP contribution is 2.37. The SMILES string of the molecule is BrCC1CN(CC2Cc3ccccc3S2)CCO1. The van der Waals surface area contributed by atoms with Crippen LogP contribution in [0.2, 0.25) is 0 Å². The van der Waals surface area contributed by atoms with Gasteiger partial charge in [-0.05, 0) is 18.1 Å². The summed E-state index contributed by atoms with van der Waals surface area (Å²) in [4.78, 5) is 4.03. The van der Waals surface area contributed by atoms with Crippen molar-refractivity contribution in [2.75, 3.05) is 31.6 Å². The highest BCUT2D eigenvalue weighted by molar-refractivity contribution is 9.09. The van der Waals surface area contributed by atoms with E-state index in [1.807, 2.05) is 11.8 Å². The number of morpholine rings is 1. The van der Waals surface area contributed by atoms with Crippen LogP contribution in [0, 0.1) is 0 Å². The molecule has 2 heterocycles. The number of hydrogen-bond acceptors (Lipinski definition) is 3. The van der Waals surface area contributed by atoms with Crippen LogP contribution in [-0.2, 0) is 11.2 Å². The fraction of sp³-hybridized carbons (Fsp3) is 0.571. The minimum atomic E-state index is 0.368. The van der Waals surface area contributed by atoms with Crippen LogP contribution in [0.25, 0.3) is 0 Å². The molecule has 2 aliphatic heterocycles. The molecule has 0 N–H and O–H groups in total. The predicted octanol–water partition coefficient (Wildman–Crippen LogP) is 2.80. The summed E-state index contributed by atoms with van der Waals surface area (Å²) in [7, 11) is 0. The quantitative estimate of drug-likeness (QED) is 0.792. The van der Waals surface area contributed by atoms with Gasteiger partial charge in [-0.25, -0.2) is 0 Å². The molecule has 1 fully saturated rings. The second kappa shape index (κ2) is 5.95. The molecular weight excluding hydrogens is 310 g/mol. The van der Waals surface area contributed by atoms with Gasteiger partial charge >= 0.3 is 0 Å². The summed E-state index contributed by atoms with van der Waals surface area (Å²) in [5, 5.41) is 1.66. The molecule has 1 saturated heterocycles. The Labute approximate surface area is 121 Å². The lowest BCUT2D eigenvalue weighted by molar-refractivity contribution is -0.0147. The highest BCUT2D eigenvalue weighted by Gasteiger charge is 2.26. The van der Waals surface area contributed by atoms with E-state index in [9.17, 15) is 0 Å². The van der Waals surface area contributed by atoms with E-state index in [0.29, 0.717) is 6.10 Å². The molecule has 0 saturated carbocycles. The molecule has 0 bridgehead atoms. The third-order valence-corrected chi connectivity index (χ3v) is 5.59. The molecule has 18 heavy (non-hydrogen) atoms. The minimum absolute atomic E-state index is 0.368.